The largest absolute Gasteiger partial charge is 0.512 e. The van der Waals surface area contributed by atoms with Crippen molar-refractivity contribution in [2.45, 2.75) is 32.6 Å². The smallest absolute Gasteiger partial charge is 0.328 e. The lowest BCUT2D eigenvalue weighted by molar-refractivity contribution is -0.131. The van der Waals surface area contributed by atoms with Gasteiger partial charge in [-0.25, -0.2) is 4.79 Å². The van der Waals surface area contributed by atoms with E-state index in [1.54, 1.807) is 0 Å². The maximum absolute atomic E-state index is 10.0. The van der Waals surface area contributed by atoms with Crippen molar-refractivity contribution in [3.05, 3.63) is 24.0 Å². The van der Waals surface area contributed by atoms with Gasteiger partial charge in [-0.2, -0.15) is 0 Å². The van der Waals surface area contributed by atoms with E-state index in [1.165, 1.54) is 12.2 Å². The monoisotopic (exact) mass is 184 g/mol. The van der Waals surface area contributed by atoms with E-state index in [1.807, 2.05) is 0 Å². The fraction of sp³-hybridized carbons (Fsp3) is 0.500. The van der Waals surface area contributed by atoms with E-state index in [0.717, 1.165) is 25.3 Å². The molecule has 0 aliphatic heterocycles. The lowest BCUT2D eigenvalue weighted by atomic mass is 10.2. The highest BCUT2D eigenvalue weighted by atomic mass is 16.4. The molecular weight excluding hydrogens is 168 g/mol. The van der Waals surface area contributed by atoms with Crippen LogP contribution >= 0.6 is 0 Å². The molecule has 3 nitrogen and oxygen atoms in total. The van der Waals surface area contributed by atoms with Crippen molar-refractivity contribution in [2.24, 2.45) is 0 Å². The number of carbonyl (C=O) groups is 1. The SMILES string of the molecule is CCCCCC(O)=CC=CC(=O)O. The average Bonchev–Trinajstić information content (AvgIpc) is 2.04. The minimum Gasteiger partial charge on any atom is -0.512 e. The Morgan fingerprint density at radius 2 is 2.00 bits per heavy atom. The number of allylic oxidation sites excluding steroid dienone is 3. The molecule has 0 aromatic rings. The third kappa shape index (κ3) is 8.66. The predicted octanol–water partition coefficient (Wildman–Crippen LogP) is 2.65. The summed E-state index contributed by atoms with van der Waals surface area (Å²) in [7, 11) is 0. The normalized spacial score (nSPS) is 12.2. The van der Waals surface area contributed by atoms with E-state index in [2.05, 4.69) is 6.92 Å². The fourth-order valence-electron chi connectivity index (χ4n) is 0.881. The highest BCUT2D eigenvalue weighted by Crippen LogP contribution is 2.05. The summed E-state index contributed by atoms with van der Waals surface area (Å²) >= 11 is 0. The average molecular weight is 184 g/mol. The van der Waals surface area contributed by atoms with Crippen molar-refractivity contribution in [3.63, 3.8) is 0 Å². The van der Waals surface area contributed by atoms with Crippen LogP contribution in [0.3, 0.4) is 0 Å². The summed E-state index contributed by atoms with van der Waals surface area (Å²) in [5.41, 5.74) is 0. The van der Waals surface area contributed by atoms with Crippen LogP contribution in [-0.4, -0.2) is 16.2 Å². The molecular formula is C10H16O3. The number of carboxylic acid groups (broad SMARTS) is 1. The van der Waals surface area contributed by atoms with E-state index in [-0.39, 0.29) is 5.76 Å². The molecule has 0 unspecified atom stereocenters. The van der Waals surface area contributed by atoms with Crippen LogP contribution in [0.4, 0.5) is 0 Å². The van der Waals surface area contributed by atoms with Crippen molar-refractivity contribution in [2.75, 3.05) is 0 Å². The maximum Gasteiger partial charge on any atom is 0.328 e. The molecule has 0 spiro atoms. The summed E-state index contributed by atoms with van der Waals surface area (Å²) < 4.78 is 0. The topological polar surface area (TPSA) is 57.5 Å². The Kier molecular flexibility index (Phi) is 6.69. The molecule has 0 aromatic carbocycles. The van der Waals surface area contributed by atoms with Crippen molar-refractivity contribution in [1.29, 1.82) is 0 Å². The van der Waals surface area contributed by atoms with Crippen molar-refractivity contribution >= 4 is 5.97 Å². The van der Waals surface area contributed by atoms with Crippen LogP contribution in [0.15, 0.2) is 24.0 Å². The van der Waals surface area contributed by atoms with Gasteiger partial charge < -0.3 is 10.2 Å². The van der Waals surface area contributed by atoms with E-state index >= 15 is 0 Å². The Hall–Kier alpha value is -1.25. The molecule has 0 saturated carbocycles. The summed E-state index contributed by atoms with van der Waals surface area (Å²) in [6.07, 6.45) is 7.51. The quantitative estimate of drug-likeness (QED) is 0.289. The Bertz CT molecular complexity index is 204. The second kappa shape index (κ2) is 7.40. The molecule has 0 aliphatic carbocycles. The number of aliphatic hydroxyl groups excluding tert-OH is 1. The van der Waals surface area contributed by atoms with E-state index in [0.29, 0.717) is 6.42 Å². The van der Waals surface area contributed by atoms with Crippen LogP contribution in [0.2, 0.25) is 0 Å². The van der Waals surface area contributed by atoms with E-state index < -0.39 is 5.97 Å². The number of aliphatic hydroxyl groups is 1. The zero-order valence-electron chi connectivity index (χ0n) is 7.86. The highest BCUT2D eigenvalue weighted by molar-refractivity contribution is 5.80. The second-order valence-electron chi connectivity index (χ2n) is 2.81. The molecule has 0 aromatic heterocycles. The van der Waals surface area contributed by atoms with Crippen molar-refractivity contribution in [1.82, 2.24) is 0 Å². The van der Waals surface area contributed by atoms with Crippen molar-refractivity contribution in [3.8, 4) is 0 Å². The van der Waals surface area contributed by atoms with Crippen molar-refractivity contribution < 1.29 is 15.0 Å². The molecule has 0 fully saturated rings. The number of aliphatic carboxylic acids is 1. The number of carboxylic acids is 1. The molecule has 0 radical (unpaired) electrons. The molecule has 0 aliphatic rings. The standard InChI is InChI=1S/C10H16O3/c1-2-3-4-6-9(11)7-5-8-10(12)13/h5,7-8,11H,2-4,6H2,1H3,(H,12,13). The zero-order valence-corrected chi connectivity index (χ0v) is 7.86. The Morgan fingerprint density at radius 3 is 2.54 bits per heavy atom. The molecule has 13 heavy (non-hydrogen) atoms. The first kappa shape index (κ1) is 11.8. The molecule has 74 valence electrons. The van der Waals surface area contributed by atoms with Crippen LogP contribution in [-0.2, 0) is 4.79 Å². The van der Waals surface area contributed by atoms with Crippen LogP contribution in [0.25, 0.3) is 0 Å². The fourth-order valence-corrected chi connectivity index (χ4v) is 0.881. The molecule has 0 atom stereocenters. The number of rotatable bonds is 6. The van der Waals surface area contributed by atoms with Gasteiger partial charge in [0.05, 0.1) is 5.76 Å². The van der Waals surface area contributed by atoms with Gasteiger partial charge in [0.25, 0.3) is 0 Å². The van der Waals surface area contributed by atoms with Gasteiger partial charge >= 0.3 is 5.97 Å². The predicted molar refractivity (Wildman–Crippen MR) is 51.6 cm³/mol. The second-order valence-corrected chi connectivity index (χ2v) is 2.81. The lowest BCUT2D eigenvalue weighted by Gasteiger charge is -1.96. The van der Waals surface area contributed by atoms with Gasteiger partial charge in [-0.05, 0) is 12.5 Å². The summed E-state index contributed by atoms with van der Waals surface area (Å²) in [5, 5.41) is 17.4. The summed E-state index contributed by atoms with van der Waals surface area (Å²) in [6.45, 7) is 2.09. The first-order valence-corrected chi connectivity index (χ1v) is 4.46. The van der Waals surface area contributed by atoms with Gasteiger partial charge in [0.15, 0.2) is 0 Å². The first-order valence-electron chi connectivity index (χ1n) is 4.46. The van der Waals surface area contributed by atoms with Gasteiger partial charge in [0.2, 0.25) is 0 Å². The number of hydrogen-bond acceptors (Lipinski definition) is 2. The minimum atomic E-state index is -1.00. The van der Waals surface area contributed by atoms with E-state index in [4.69, 9.17) is 5.11 Å². The Morgan fingerprint density at radius 1 is 1.31 bits per heavy atom. The molecule has 0 saturated heterocycles. The Labute approximate surface area is 78.4 Å². The lowest BCUT2D eigenvalue weighted by Crippen LogP contribution is -1.85. The third-order valence-corrected chi connectivity index (χ3v) is 1.56. The minimum absolute atomic E-state index is 0.242. The van der Waals surface area contributed by atoms with E-state index in [9.17, 15) is 9.90 Å². The first-order chi connectivity index (χ1) is 6.16. The van der Waals surface area contributed by atoms with Gasteiger partial charge in [-0.1, -0.05) is 25.8 Å². The maximum atomic E-state index is 10.0. The van der Waals surface area contributed by atoms with Gasteiger partial charge in [0.1, 0.15) is 0 Å². The third-order valence-electron chi connectivity index (χ3n) is 1.56. The zero-order chi connectivity index (χ0) is 10.1. The van der Waals surface area contributed by atoms with Gasteiger partial charge in [-0.3, -0.25) is 0 Å². The molecule has 2 N–H and O–H groups in total. The number of hydrogen-bond donors (Lipinski definition) is 2. The summed E-state index contributed by atoms with van der Waals surface area (Å²) in [4.78, 5) is 10.0. The van der Waals surface area contributed by atoms with Crippen LogP contribution in [0.5, 0.6) is 0 Å². The summed E-state index contributed by atoms with van der Waals surface area (Å²) in [6, 6.07) is 0. The summed E-state index contributed by atoms with van der Waals surface area (Å²) in [5.74, 6) is -0.761. The molecule has 0 rings (SSSR count). The Balaban J connectivity index is 3.68. The van der Waals surface area contributed by atoms with Gasteiger partial charge in [-0.15, -0.1) is 0 Å². The van der Waals surface area contributed by atoms with Crippen LogP contribution in [0, 0.1) is 0 Å². The highest BCUT2D eigenvalue weighted by Gasteiger charge is 1.91. The molecule has 0 heterocycles. The molecule has 3 heteroatoms. The molecule has 0 bridgehead atoms. The number of unbranched alkanes of at least 4 members (excludes halogenated alkanes) is 2. The van der Waals surface area contributed by atoms with Gasteiger partial charge in [0, 0.05) is 12.5 Å². The van der Waals surface area contributed by atoms with Crippen LogP contribution < -0.4 is 0 Å². The van der Waals surface area contributed by atoms with Crippen LogP contribution in [0.1, 0.15) is 32.6 Å². The molecule has 0 amide bonds.